The highest BCUT2D eigenvalue weighted by Gasteiger charge is 2.35. The molecule has 0 atom stereocenters. The molecule has 8 heteroatoms. The Kier molecular flexibility index (Phi) is 4.78. The number of β-amino-alcohol motifs (C(OH)–C–C–N with tert-alkyl or cyclic N) is 1. The number of hydrogen-bond donors (Lipinski definition) is 2. The number of nitrogens with one attached hydrogen (secondary N) is 1. The quantitative estimate of drug-likeness (QED) is 0.846. The topological polar surface area (TPSA) is 110 Å². The van der Waals surface area contributed by atoms with E-state index in [1.54, 1.807) is 25.1 Å². The lowest BCUT2D eigenvalue weighted by Crippen LogP contribution is -2.53. The van der Waals surface area contributed by atoms with E-state index in [0.29, 0.717) is 11.3 Å². The monoisotopic (exact) mass is 371 g/mol. The molecule has 0 radical (unpaired) electrons. The van der Waals surface area contributed by atoms with Gasteiger partial charge in [0.15, 0.2) is 0 Å². The van der Waals surface area contributed by atoms with E-state index in [2.05, 4.69) is 5.32 Å². The number of aryl methyl sites for hydroxylation is 1. The first-order valence-corrected chi connectivity index (χ1v) is 9.35. The molecule has 26 heavy (non-hydrogen) atoms. The molecule has 2 aromatic rings. The lowest BCUT2D eigenvalue weighted by atomic mass is 10.1. The van der Waals surface area contributed by atoms with Crippen molar-refractivity contribution in [3.05, 3.63) is 59.2 Å². The number of sulfonamides is 1. The van der Waals surface area contributed by atoms with Crippen molar-refractivity contribution in [3.63, 3.8) is 0 Å². The largest absolute Gasteiger partial charge is 0.390 e. The third-order valence-corrected chi connectivity index (χ3v) is 6.01. The Morgan fingerprint density at radius 1 is 1.27 bits per heavy atom. The van der Waals surface area contributed by atoms with Crippen molar-refractivity contribution in [1.82, 2.24) is 4.31 Å². The van der Waals surface area contributed by atoms with Gasteiger partial charge in [0.25, 0.3) is 5.91 Å². The highest BCUT2D eigenvalue weighted by molar-refractivity contribution is 7.89. The van der Waals surface area contributed by atoms with Gasteiger partial charge in [0.05, 0.1) is 22.6 Å². The SMILES string of the molecule is Cc1ccc(NC(=O)c2cccc(S(=O)(=O)N3CC(O)C3)c2)cc1C#N. The van der Waals surface area contributed by atoms with E-state index >= 15 is 0 Å². The molecule has 3 rings (SSSR count). The second kappa shape index (κ2) is 6.88. The number of nitriles is 1. The molecule has 2 aromatic carbocycles. The highest BCUT2D eigenvalue weighted by atomic mass is 32.2. The average molecular weight is 371 g/mol. The molecule has 134 valence electrons. The Labute approximate surface area is 151 Å². The summed E-state index contributed by atoms with van der Waals surface area (Å²) in [6.45, 7) is 1.91. The second-order valence-electron chi connectivity index (χ2n) is 6.10. The van der Waals surface area contributed by atoms with Crippen LogP contribution in [0.2, 0.25) is 0 Å². The standard InChI is InChI=1S/C18H17N3O4S/c1-12-5-6-15(7-14(12)9-19)20-18(23)13-3-2-4-17(8-13)26(24,25)21-10-16(22)11-21/h2-8,16,22H,10-11H2,1H3,(H,20,23). The van der Waals surface area contributed by atoms with Gasteiger partial charge < -0.3 is 10.4 Å². The van der Waals surface area contributed by atoms with Gasteiger partial charge >= 0.3 is 0 Å². The molecule has 1 aliphatic heterocycles. The summed E-state index contributed by atoms with van der Waals surface area (Å²) in [4.78, 5) is 12.4. The summed E-state index contributed by atoms with van der Waals surface area (Å²) in [5.74, 6) is -0.474. The number of anilines is 1. The molecule has 0 saturated carbocycles. The Hall–Kier alpha value is -2.73. The van der Waals surface area contributed by atoms with E-state index in [9.17, 15) is 18.3 Å². The van der Waals surface area contributed by atoms with Gasteiger partial charge in [-0.05, 0) is 42.8 Å². The zero-order valence-electron chi connectivity index (χ0n) is 14.0. The second-order valence-corrected chi connectivity index (χ2v) is 8.04. The zero-order valence-corrected chi connectivity index (χ0v) is 14.8. The smallest absolute Gasteiger partial charge is 0.255 e. The summed E-state index contributed by atoms with van der Waals surface area (Å²) in [5, 5.41) is 21.0. The number of carbonyl (C=O) groups is 1. The maximum absolute atomic E-state index is 12.5. The summed E-state index contributed by atoms with van der Waals surface area (Å²) in [5.41, 5.74) is 1.90. The number of benzene rings is 2. The van der Waals surface area contributed by atoms with Crippen molar-refractivity contribution < 1.29 is 18.3 Å². The third kappa shape index (κ3) is 3.46. The normalized spacial score (nSPS) is 15.1. The van der Waals surface area contributed by atoms with Gasteiger partial charge in [-0.1, -0.05) is 12.1 Å². The van der Waals surface area contributed by atoms with Crippen LogP contribution in [0.3, 0.4) is 0 Å². The number of carbonyl (C=O) groups excluding carboxylic acids is 1. The Morgan fingerprint density at radius 3 is 2.65 bits per heavy atom. The van der Waals surface area contributed by atoms with Crippen LogP contribution >= 0.6 is 0 Å². The lowest BCUT2D eigenvalue weighted by Gasteiger charge is -2.34. The van der Waals surface area contributed by atoms with Crippen LogP contribution in [-0.2, 0) is 10.0 Å². The molecule has 0 unspecified atom stereocenters. The van der Waals surface area contributed by atoms with Crippen molar-refractivity contribution in [2.45, 2.75) is 17.9 Å². The minimum Gasteiger partial charge on any atom is -0.390 e. The van der Waals surface area contributed by atoms with Crippen molar-refractivity contribution in [2.75, 3.05) is 18.4 Å². The predicted octanol–water partition coefficient (Wildman–Crippen LogP) is 1.48. The zero-order chi connectivity index (χ0) is 18.9. The van der Waals surface area contributed by atoms with Crippen LogP contribution in [0.4, 0.5) is 5.69 Å². The molecule has 0 aromatic heterocycles. The van der Waals surface area contributed by atoms with E-state index in [4.69, 9.17) is 5.26 Å². The molecule has 7 nitrogen and oxygen atoms in total. The van der Waals surface area contributed by atoms with Gasteiger partial charge in [-0.3, -0.25) is 4.79 Å². The molecular weight excluding hydrogens is 354 g/mol. The van der Waals surface area contributed by atoms with E-state index in [1.165, 1.54) is 24.3 Å². The fraction of sp³-hybridized carbons (Fsp3) is 0.222. The molecule has 1 heterocycles. The van der Waals surface area contributed by atoms with Crippen LogP contribution in [0, 0.1) is 18.3 Å². The summed E-state index contributed by atoms with van der Waals surface area (Å²) in [6, 6.07) is 12.7. The minimum atomic E-state index is -3.73. The van der Waals surface area contributed by atoms with E-state index < -0.39 is 22.0 Å². The van der Waals surface area contributed by atoms with Crippen molar-refractivity contribution in [3.8, 4) is 6.07 Å². The molecule has 2 N–H and O–H groups in total. The maximum atomic E-state index is 12.5. The van der Waals surface area contributed by atoms with Crippen LogP contribution in [0.25, 0.3) is 0 Å². The lowest BCUT2D eigenvalue weighted by molar-refractivity contribution is 0.0548. The number of aliphatic hydroxyl groups is 1. The molecule has 0 bridgehead atoms. The first kappa shape index (κ1) is 18.1. The number of hydrogen-bond acceptors (Lipinski definition) is 5. The third-order valence-electron chi connectivity index (χ3n) is 4.18. The number of nitrogens with zero attached hydrogens (tertiary/aromatic N) is 2. The van der Waals surface area contributed by atoms with Crippen LogP contribution in [0.15, 0.2) is 47.4 Å². The van der Waals surface area contributed by atoms with Crippen LogP contribution in [0.1, 0.15) is 21.5 Å². The molecular formula is C18H17N3O4S. The van der Waals surface area contributed by atoms with Gasteiger partial charge in [-0.2, -0.15) is 9.57 Å². The van der Waals surface area contributed by atoms with Crippen molar-refractivity contribution in [1.29, 1.82) is 5.26 Å². The van der Waals surface area contributed by atoms with Crippen molar-refractivity contribution >= 4 is 21.6 Å². The van der Waals surface area contributed by atoms with E-state index in [1.807, 2.05) is 6.07 Å². The van der Waals surface area contributed by atoms with Gasteiger partial charge in [-0.25, -0.2) is 8.42 Å². The Balaban J connectivity index is 1.82. The summed E-state index contributed by atoms with van der Waals surface area (Å²) < 4.78 is 26.1. The van der Waals surface area contributed by atoms with Gasteiger partial charge in [0, 0.05) is 24.3 Å². The molecule has 0 spiro atoms. The minimum absolute atomic E-state index is 0.00123. The average Bonchev–Trinajstić information content (AvgIpc) is 2.60. The number of rotatable bonds is 4. The number of amides is 1. The van der Waals surface area contributed by atoms with Gasteiger partial charge in [0.2, 0.25) is 10.0 Å². The summed E-state index contributed by atoms with van der Waals surface area (Å²) in [7, 11) is -3.73. The fourth-order valence-electron chi connectivity index (χ4n) is 2.58. The number of aliphatic hydroxyl groups excluding tert-OH is 1. The van der Waals surface area contributed by atoms with Gasteiger partial charge in [0.1, 0.15) is 0 Å². The molecule has 1 fully saturated rings. The fourth-order valence-corrected chi connectivity index (χ4v) is 4.14. The Morgan fingerprint density at radius 2 is 2.00 bits per heavy atom. The molecule has 1 saturated heterocycles. The van der Waals surface area contributed by atoms with Crippen LogP contribution < -0.4 is 5.32 Å². The molecule has 1 aliphatic rings. The molecule has 0 aliphatic carbocycles. The predicted molar refractivity (Wildman–Crippen MR) is 95.1 cm³/mol. The van der Waals surface area contributed by atoms with Crippen LogP contribution in [0.5, 0.6) is 0 Å². The van der Waals surface area contributed by atoms with Crippen LogP contribution in [-0.4, -0.2) is 42.9 Å². The molecule has 1 amide bonds. The van der Waals surface area contributed by atoms with Crippen molar-refractivity contribution in [2.24, 2.45) is 0 Å². The Bertz CT molecular complexity index is 1010. The highest BCUT2D eigenvalue weighted by Crippen LogP contribution is 2.23. The summed E-state index contributed by atoms with van der Waals surface area (Å²) >= 11 is 0. The van der Waals surface area contributed by atoms with Gasteiger partial charge in [-0.15, -0.1) is 0 Å². The van der Waals surface area contributed by atoms with E-state index in [0.717, 1.165) is 9.87 Å². The first-order chi connectivity index (χ1) is 12.3. The first-order valence-electron chi connectivity index (χ1n) is 7.91. The summed E-state index contributed by atoms with van der Waals surface area (Å²) in [6.07, 6.45) is -0.646. The maximum Gasteiger partial charge on any atom is 0.255 e. The van der Waals surface area contributed by atoms with E-state index in [-0.39, 0.29) is 23.5 Å².